The lowest BCUT2D eigenvalue weighted by molar-refractivity contribution is -0.127. The van der Waals surface area contributed by atoms with Gasteiger partial charge in [-0.1, -0.05) is 19.1 Å². The first-order valence-corrected chi connectivity index (χ1v) is 5.99. The monoisotopic (exact) mass is 265 g/mol. The van der Waals surface area contributed by atoms with Crippen molar-refractivity contribution in [2.75, 3.05) is 12.3 Å². The van der Waals surface area contributed by atoms with Crippen LogP contribution in [0.1, 0.15) is 24.8 Å². The van der Waals surface area contributed by atoms with Crippen LogP contribution >= 0.6 is 0 Å². The quantitative estimate of drug-likeness (QED) is 0.529. The van der Waals surface area contributed by atoms with Gasteiger partial charge in [0.1, 0.15) is 6.10 Å². The highest BCUT2D eigenvalue weighted by molar-refractivity contribution is 5.81. The molecule has 0 radical (unpaired) electrons. The first-order chi connectivity index (χ1) is 8.90. The van der Waals surface area contributed by atoms with Gasteiger partial charge < -0.3 is 21.9 Å². The Kier molecular flexibility index (Phi) is 5.32. The molecular formula is C13H19N3O3. The second-order valence-corrected chi connectivity index (χ2v) is 4.49. The summed E-state index contributed by atoms with van der Waals surface area (Å²) in [6, 6.07) is 7.29. The molecule has 0 aliphatic rings. The number of hydrogen-bond acceptors (Lipinski definition) is 4. The SMILES string of the molecule is CC(CC(=O)NCC(O)C(N)=O)c1ccc(N)cc1. The second kappa shape index (κ2) is 6.75. The molecule has 0 fully saturated rings. The number of aliphatic hydroxyl groups is 1. The van der Waals surface area contributed by atoms with E-state index < -0.39 is 12.0 Å². The highest BCUT2D eigenvalue weighted by atomic mass is 16.3. The molecule has 6 heteroatoms. The van der Waals surface area contributed by atoms with E-state index in [1.807, 2.05) is 19.1 Å². The van der Waals surface area contributed by atoms with Gasteiger partial charge in [-0.05, 0) is 23.6 Å². The Balaban J connectivity index is 2.44. The maximum absolute atomic E-state index is 11.6. The van der Waals surface area contributed by atoms with Gasteiger partial charge in [-0.15, -0.1) is 0 Å². The number of carbonyl (C=O) groups excluding carboxylic acids is 2. The van der Waals surface area contributed by atoms with Crippen molar-refractivity contribution in [3.8, 4) is 0 Å². The predicted molar refractivity (Wildman–Crippen MR) is 72.1 cm³/mol. The Morgan fingerprint density at radius 3 is 2.42 bits per heavy atom. The molecule has 0 aliphatic heterocycles. The molecule has 0 aromatic heterocycles. The van der Waals surface area contributed by atoms with Gasteiger partial charge in [-0.25, -0.2) is 0 Å². The van der Waals surface area contributed by atoms with Crippen LogP contribution in [0.4, 0.5) is 5.69 Å². The second-order valence-electron chi connectivity index (χ2n) is 4.49. The number of rotatable bonds is 6. The van der Waals surface area contributed by atoms with E-state index >= 15 is 0 Å². The smallest absolute Gasteiger partial charge is 0.248 e. The summed E-state index contributed by atoms with van der Waals surface area (Å²) in [5, 5.41) is 11.6. The van der Waals surface area contributed by atoms with Gasteiger partial charge >= 0.3 is 0 Å². The number of carbonyl (C=O) groups is 2. The zero-order valence-electron chi connectivity index (χ0n) is 10.8. The number of nitrogens with one attached hydrogen (secondary N) is 1. The lowest BCUT2D eigenvalue weighted by atomic mass is 9.97. The first-order valence-electron chi connectivity index (χ1n) is 5.99. The number of hydrogen-bond donors (Lipinski definition) is 4. The number of primary amides is 1. The number of anilines is 1. The van der Waals surface area contributed by atoms with Crippen molar-refractivity contribution >= 4 is 17.5 Å². The number of aliphatic hydroxyl groups excluding tert-OH is 1. The van der Waals surface area contributed by atoms with E-state index in [0.717, 1.165) is 5.56 Å². The van der Waals surface area contributed by atoms with Crippen LogP contribution in [0, 0.1) is 0 Å². The van der Waals surface area contributed by atoms with Crippen molar-refractivity contribution in [3.63, 3.8) is 0 Å². The van der Waals surface area contributed by atoms with Crippen LogP contribution in [0.5, 0.6) is 0 Å². The molecule has 104 valence electrons. The fourth-order valence-electron chi connectivity index (χ4n) is 1.60. The molecule has 1 rings (SSSR count). The Morgan fingerprint density at radius 1 is 1.32 bits per heavy atom. The number of nitrogen functional groups attached to an aromatic ring is 1. The van der Waals surface area contributed by atoms with Gasteiger partial charge in [0.25, 0.3) is 0 Å². The summed E-state index contributed by atoms with van der Waals surface area (Å²) in [4.78, 5) is 22.2. The van der Waals surface area contributed by atoms with E-state index in [9.17, 15) is 9.59 Å². The number of amides is 2. The summed E-state index contributed by atoms with van der Waals surface area (Å²) >= 11 is 0. The van der Waals surface area contributed by atoms with Gasteiger partial charge in [0.2, 0.25) is 11.8 Å². The molecule has 0 heterocycles. The zero-order valence-corrected chi connectivity index (χ0v) is 10.8. The minimum Gasteiger partial charge on any atom is -0.399 e. The Bertz CT molecular complexity index is 445. The van der Waals surface area contributed by atoms with Crippen molar-refractivity contribution in [3.05, 3.63) is 29.8 Å². The van der Waals surface area contributed by atoms with Crippen LogP contribution in [0.15, 0.2) is 24.3 Å². The molecule has 1 aromatic rings. The van der Waals surface area contributed by atoms with Crippen LogP contribution in [0.25, 0.3) is 0 Å². The minimum absolute atomic E-state index is 0.0197. The van der Waals surface area contributed by atoms with Gasteiger partial charge in [-0.2, -0.15) is 0 Å². The van der Waals surface area contributed by atoms with E-state index in [2.05, 4.69) is 5.32 Å². The Labute approximate surface area is 111 Å². The van der Waals surface area contributed by atoms with Crippen LogP contribution in [-0.2, 0) is 9.59 Å². The molecular weight excluding hydrogens is 246 g/mol. The highest BCUT2D eigenvalue weighted by Gasteiger charge is 2.14. The van der Waals surface area contributed by atoms with Crippen molar-refractivity contribution < 1.29 is 14.7 Å². The zero-order chi connectivity index (χ0) is 14.4. The Morgan fingerprint density at radius 2 is 1.89 bits per heavy atom. The van der Waals surface area contributed by atoms with Crippen molar-refractivity contribution in [1.82, 2.24) is 5.32 Å². The van der Waals surface area contributed by atoms with Crippen LogP contribution in [-0.4, -0.2) is 29.6 Å². The number of benzene rings is 1. The van der Waals surface area contributed by atoms with Gasteiger partial charge in [-0.3, -0.25) is 9.59 Å². The van der Waals surface area contributed by atoms with Crippen LogP contribution in [0.3, 0.4) is 0 Å². The largest absolute Gasteiger partial charge is 0.399 e. The average molecular weight is 265 g/mol. The molecule has 2 amide bonds. The maximum atomic E-state index is 11.6. The lowest BCUT2D eigenvalue weighted by Crippen LogP contribution is -2.40. The maximum Gasteiger partial charge on any atom is 0.248 e. The molecule has 0 bridgehead atoms. The molecule has 0 aliphatic carbocycles. The van der Waals surface area contributed by atoms with Gasteiger partial charge in [0.15, 0.2) is 0 Å². The molecule has 19 heavy (non-hydrogen) atoms. The predicted octanol–water partition coefficient (Wildman–Crippen LogP) is -0.275. The van der Waals surface area contributed by atoms with E-state index in [1.54, 1.807) is 12.1 Å². The van der Waals surface area contributed by atoms with E-state index in [-0.39, 0.29) is 24.8 Å². The van der Waals surface area contributed by atoms with Gasteiger partial charge in [0, 0.05) is 12.1 Å². The van der Waals surface area contributed by atoms with Crippen molar-refractivity contribution in [2.45, 2.75) is 25.4 Å². The first kappa shape index (κ1) is 15.0. The van der Waals surface area contributed by atoms with E-state index in [1.165, 1.54) is 0 Å². The van der Waals surface area contributed by atoms with Crippen LogP contribution < -0.4 is 16.8 Å². The summed E-state index contributed by atoms with van der Waals surface area (Å²) in [5.41, 5.74) is 12.1. The lowest BCUT2D eigenvalue weighted by Gasteiger charge is -2.13. The van der Waals surface area contributed by atoms with Crippen LogP contribution in [0.2, 0.25) is 0 Å². The molecule has 6 nitrogen and oxygen atoms in total. The highest BCUT2D eigenvalue weighted by Crippen LogP contribution is 2.19. The standard InChI is InChI=1S/C13H19N3O3/c1-8(9-2-4-10(14)5-3-9)6-12(18)16-7-11(17)13(15)19/h2-5,8,11,17H,6-7,14H2,1H3,(H2,15,19)(H,16,18). The van der Waals surface area contributed by atoms with E-state index in [4.69, 9.17) is 16.6 Å². The van der Waals surface area contributed by atoms with Crippen molar-refractivity contribution in [1.29, 1.82) is 0 Å². The molecule has 2 atom stereocenters. The summed E-state index contributed by atoms with van der Waals surface area (Å²) in [6.45, 7) is 1.75. The summed E-state index contributed by atoms with van der Waals surface area (Å²) in [5.74, 6) is -1.08. The minimum atomic E-state index is -1.35. The molecule has 0 saturated carbocycles. The molecule has 0 spiro atoms. The van der Waals surface area contributed by atoms with Crippen molar-refractivity contribution in [2.24, 2.45) is 5.73 Å². The third-order valence-corrected chi connectivity index (χ3v) is 2.82. The fourth-order valence-corrected chi connectivity index (χ4v) is 1.60. The summed E-state index contributed by atoms with van der Waals surface area (Å²) in [7, 11) is 0. The van der Waals surface area contributed by atoms with Gasteiger partial charge in [0.05, 0.1) is 6.54 Å². The Hall–Kier alpha value is -2.08. The third kappa shape index (κ3) is 4.97. The molecule has 0 saturated heterocycles. The summed E-state index contributed by atoms with van der Waals surface area (Å²) < 4.78 is 0. The molecule has 1 aromatic carbocycles. The summed E-state index contributed by atoms with van der Waals surface area (Å²) in [6.07, 6.45) is -1.09. The molecule has 6 N–H and O–H groups in total. The number of nitrogens with two attached hydrogens (primary N) is 2. The van der Waals surface area contributed by atoms with E-state index in [0.29, 0.717) is 5.69 Å². The topological polar surface area (TPSA) is 118 Å². The normalized spacial score (nSPS) is 13.6. The third-order valence-electron chi connectivity index (χ3n) is 2.82. The molecule has 2 unspecified atom stereocenters. The fraction of sp³-hybridized carbons (Fsp3) is 0.385. The average Bonchev–Trinajstić information content (AvgIpc) is 2.36.